The Hall–Kier alpha value is -0.160. The quantitative estimate of drug-likeness (QED) is 0.661. The van der Waals surface area contributed by atoms with Crippen molar-refractivity contribution in [2.45, 2.75) is 6.92 Å². The van der Waals surface area contributed by atoms with Crippen LogP contribution in [-0.4, -0.2) is 87.3 Å². The van der Waals surface area contributed by atoms with E-state index in [2.05, 4.69) is 21.6 Å². The number of likely N-dealkylation sites (tertiary alicyclic amines) is 1. The third-order valence-corrected chi connectivity index (χ3v) is 3.95. The van der Waals surface area contributed by atoms with E-state index in [0.29, 0.717) is 0 Å². The second-order valence-electron chi connectivity index (χ2n) is 5.54. The lowest BCUT2D eigenvalue weighted by molar-refractivity contribution is 0.0675. The highest BCUT2D eigenvalue weighted by atomic mass is 16.5. The number of hydrogen-bond acceptors (Lipinski definition) is 4. The highest BCUT2D eigenvalue weighted by molar-refractivity contribution is 4.78. The molecule has 0 N–H and O–H groups in total. The van der Waals surface area contributed by atoms with E-state index in [1.54, 1.807) is 7.11 Å². The van der Waals surface area contributed by atoms with Crippen molar-refractivity contribution in [2.24, 2.45) is 5.92 Å². The van der Waals surface area contributed by atoms with Crippen LogP contribution >= 0.6 is 0 Å². The van der Waals surface area contributed by atoms with Gasteiger partial charge in [-0.25, -0.2) is 0 Å². The molecular formula is C13H27N3O. The van der Waals surface area contributed by atoms with Gasteiger partial charge in [0, 0.05) is 66.0 Å². The molecule has 100 valence electrons. The Labute approximate surface area is 105 Å². The van der Waals surface area contributed by atoms with Crippen LogP contribution in [0.5, 0.6) is 0 Å². The number of ether oxygens (including phenoxy) is 1. The molecule has 0 unspecified atom stereocenters. The summed E-state index contributed by atoms with van der Waals surface area (Å²) in [5.74, 6) is 0.931. The molecule has 4 heteroatoms. The predicted octanol–water partition coefficient (Wildman–Crippen LogP) is 0.202. The highest BCUT2D eigenvalue weighted by Gasteiger charge is 2.23. The van der Waals surface area contributed by atoms with Gasteiger partial charge in [0.05, 0.1) is 6.61 Å². The largest absolute Gasteiger partial charge is 0.383 e. The van der Waals surface area contributed by atoms with Crippen LogP contribution in [0.25, 0.3) is 0 Å². The van der Waals surface area contributed by atoms with E-state index in [0.717, 1.165) is 19.1 Å². The minimum absolute atomic E-state index is 0.867. The molecule has 0 radical (unpaired) electrons. The normalized spacial score (nSPS) is 25.1. The van der Waals surface area contributed by atoms with Gasteiger partial charge >= 0.3 is 0 Å². The molecule has 0 aromatic carbocycles. The number of hydrogen-bond donors (Lipinski definition) is 0. The van der Waals surface area contributed by atoms with Crippen LogP contribution < -0.4 is 0 Å². The van der Waals surface area contributed by atoms with E-state index in [4.69, 9.17) is 4.74 Å². The zero-order valence-electron chi connectivity index (χ0n) is 11.4. The Morgan fingerprint density at radius 1 is 0.882 bits per heavy atom. The Morgan fingerprint density at radius 2 is 1.41 bits per heavy atom. The van der Waals surface area contributed by atoms with E-state index in [9.17, 15) is 0 Å². The second kappa shape index (κ2) is 6.69. The van der Waals surface area contributed by atoms with E-state index in [-0.39, 0.29) is 0 Å². The molecule has 0 amide bonds. The van der Waals surface area contributed by atoms with Crippen LogP contribution in [0.1, 0.15) is 6.92 Å². The van der Waals surface area contributed by atoms with Gasteiger partial charge in [-0.3, -0.25) is 9.80 Å². The maximum atomic E-state index is 5.12. The van der Waals surface area contributed by atoms with Crippen molar-refractivity contribution in [1.29, 1.82) is 0 Å². The van der Waals surface area contributed by atoms with Crippen molar-refractivity contribution in [3.05, 3.63) is 0 Å². The maximum absolute atomic E-state index is 5.12. The smallest absolute Gasteiger partial charge is 0.0589 e. The van der Waals surface area contributed by atoms with Gasteiger partial charge in [0.15, 0.2) is 0 Å². The van der Waals surface area contributed by atoms with Gasteiger partial charge in [-0.05, 0) is 5.92 Å². The van der Waals surface area contributed by atoms with Gasteiger partial charge in [0.25, 0.3) is 0 Å². The number of rotatable bonds is 6. The molecule has 0 aromatic heterocycles. The molecule has 2 saturated heterocycles. The van der Waals surface area contributed by atoms with Gasteiger partial charge in [-0.1, -0.05) is 6.92 Å². The summed E-state index contributed by atoms with van der Waals surface area (Å²) in [6, 6.07) is 0. The summed E-state index contributed by atoms with van der Waals surface area (Å²) in [5.41, 5.74) is 0. The molecular weight excluding hydrogens is 214 g/mol. The fourth-order valence-corrected chi connectivity index (χ4v) is 2.75. The van der Waals surface area contributed by atoms with Crippen molar-refractivity contribution >= 4 is 0 Å². The van der Waals surface area contributed by atoms with Crippen molar-refractivity contribution in [1.82, 2.24) is 14.7 Å². The van der Waals surface area contributed by atoms with Gasteiger partial charge in [-0.15, -0.1) is 0 Å². The van der Waals surface area contributed by atoms with Crippen molar-refractivity contribution in [3.63, 3.8) is 0 Å². The molecule has 0 bridgehead atoms. The molecule has 0 spiro atoms. The molecule has 2 aliphatic heterocycles. The summed E-state index contributed by atoms with van der Waals surface area (Å²) in [6.45, 7) is 14.3. The van der Waals surface area contributed by atoms with Crippen LogP contribution in [0.3, 0.4) is 0 Å². The van der Waals surface area contributed by atoms with Gasteiger partial charge < -0.3 is 9.64 Å². The number of methoxy groups -OCH3 is 1. The summed E-state index contributed by atoms with van der Waals surface area (Å²) in [4.78, 5) is 7.68. The molecule has 2 heterocycles. The van der Waals surface area contributed by atoms with Gasteiger partial charge in [-0.2, -0.15) is 0 Å². The second-order valence-corrected chi connectivity index (χ2v) is 5.54. The Kier molecular flexibility index (Phi) is 5.22. The van der Waals surface area contributed by atoms with Crippen LogP contribution in [0.15, 0.2) is 0 Å². The van der Waals surface area contributed by atoms with E-state index < -0.39 is 0 Å². The zero-order chi connectivity index (χ0) is 12.1. The first-order valence-corrected chi connectivity index (χ1v) is 6.94. The van der Waals surface area contributed by atoms with Crippen LogP contribution in [0, 0.1) is 5.92 Å². The first-order chi connectivity index (χ1) is 8.28. The van der Waals surface area contributed by atoms with Crippen LogP contribution in [0.4, 0.5) is 0 Å². The summed E-state index contributed by atoms with van der Waals surface area (Å²) >= 11 is 0. The summed E-state index contributed by atoms with van der Waals surface area (Å²) in [7, 11) is 1.78. The van der Waals surface area contributed by atoms with E-state index in [1.807, 2.05) is 0 Å². The Bertz CT molecular complexity index is 211. The lowest BCUT2D eigenvalue weighted by Gasteiger charge is -2.40. The standard InChI is InChI=1S/C13H27N3O/c1-13-11-16(12-13)8-7-14-3-5-15(6-4-14)9-10-17-2/h13H,3-12H2,1-2H3. The monoisotopic (exact) mass is 241 g/mol. The third-order valence-electron chi connectivity index (χ3n) is 3.95. The minimum atomic E-state index is 0.867. The summed E-state index contributed by atoms with van der Waals surface area (Å²) in [5, 5.41) is 0. The fourth-order valence-electron chi connectivity index (χ4n) is 2.75. The molecule has 0 atom stereocenters. The van der Waals surface area contributed by atoms with Gasteiger partial charge in [0.2, 0.25) is 0 Å². The first-order valence-electron chi connectivity index (χ1n) is 6.94. The lowest BCUT2D eigenvalue weighted by Crippen LogP contribution is -2.52. The molecule has 2 aliphatic rings. The zero-order valence-corrected chi connectivity index (χ0v) is 11.4. The summed E-state index contributed by atoms with van der Waals surface area (Å²) < 4.78 is 5.12. The SMILES string of the molecule is COCCN1CCN(CCN2CC(C)C2)CC1. The Morgan fingerprint density at radius 3 is 1.94 bits per heavy atom. The van der Waals surface area contributed by atoms with E-state index in [1.165, 1.54) is 52.4 Å². The van der Waals surface area contributed by atoms with Gasteiger partial charge in [0.1, 0.15) is 0 Å². The highest BCUT2D eigenvalue weighted by Crippen LogP contribution is 2.13. The number of nitrogens with zero attached hydrogens (tertiary/aromatic N) is 3. The van der Waals surface area contributed by atoms with Crippen LogP contribution in [-0.2, 0) is 4.74 Å². The maximum Gasteiger partial charge on any atom is 0.0589 e. The molecule has 2 rings (SSSR count). The average Bonchev–Trinajstić information content (AvgIpc) is 2.32. The lowest BCUT2D eigenvalue weighted by atomic mass is 10.0. The third kappa shape index (κ3) is 4.21. The molecule has 0 aromatic rings. The number of piperazine rings is 1. The van der Waals surface area contributed by atoms with Crippen LogP contribution in [0.2, 0.25) is 0 Å². The van der Waals surface area contributed by atoms with Crippen molar-refractivity contribution in [3.8, 4) is 0 Å². The minimum Gasteiger partial charge on any atom is -0.383 e. The molecule has 17 heavy (non-hydrogen) atoms. The topological polar surface area (TPSA) is 19.0 Å². The molecule has 0 aliphatic carbocycles. The van der Waals surface area contributed by atoms with Crippen molar-refractivity contribution in [2.75, 3.05) is 72.6 Å². The molecule has 4 nitrogen and oxygen atoms in total. The Balaban J connectivity index is 1.53. The average molecular weight is 241 g/mol. The summed E-state index contributed by atoms with van der Waals surface area (Å²) in [6.07, 6.45) is 0. The first kappa shape index (κ1) is 13.3. The predicted molar refractivity (Wildman–Crippen MR) is 70.4 cm³/mol. The molecule has 0 saturated carbocycles. The van der Waals surface area contributed by atoms with Crippen molar-refractivity contribution < 1.29 is 4.74 Å². The molecule has 2 fully saturated rings. The fraction of sp³-hybridized carbons (Fsp3) is 1.00. The van der Waals surface area contributed by atoms with E-state index >= 15 is 0 Å².